The molecule has 0 bridgehead atoms. The SMILES string of the molecule is CCNc1ccnc(COc2ccc3c(c2)CCC3)c1. The summed E-state index contributed by atoms with van der Waals surface area (Å²) in [6.45, 7) is 3.51. The molecule has 3 nitrogen and oxygen atoms in total. The summed E-state index contributed by atoms with van der Waals surface area (Å²) in [4.78, 5) is 4.34. The first-order chi connectivity index (χ1) is 9.85. The molecule has 104 valence electrons. The van der Waals surface area contributed by atoms with Gasteiger partial charge in [0.05, 0.1) is 5.69 Å². The maximum atomic E-state index is 5.86. The van der Waals surface area contributed by atoms with Gasteiger partial charge in [-0.15, -0.1) is 0 Å². The molecule has 0 amide bonds. The van der Waals surface area contributed by atoms with Gasteiger partial charge in [0.25, 0.3) is 0 Å². The summed E-state index contributed by atoms with van der Waals surface area (Å²) in [5.41, 5.74) is 4.96. The summed E-state index contributed by atoms with van der Waals surface area (Å²) < 4.78 is 5.86. The molecule has 0 spiro atoms. The number of aromatic nitrogens is 1. The molecule has 20 heavy (non-hydrogen) atoms. The molecular formula is C17H20N2O. The molecule has 1 heterocycles. The van der Waals surface area contributed by atoms with Gasteiger partial charge in [0.2, 0.25) is 0 Å². The lowest BCUT2D eigenvalue weighted by Crippen LogP contribution is -2.01. The van der Waals surface area contributed by atoms with E-state index in [1.54, 1.807) is 0 Å². The van der Waals surface area contributed by atoms with E-state index in [-0.39, 0.29) is 0 Å². The summed E-state index contributed by atoms with van der Waals surface area (Å²) >= 11 is 0. The van der Waals surface area contributed by atoms with Crippen LogP contribution in [0.5, 0.6) is 5.75 Å². The number of rotatable bonds is 5. The Bertz CT molecular complexity index is 595. The van der Waals surface area contributed by atoms with Crippen LogP contribution in [0.1, 0.15) is 30.2 Å². The molecule has 0 fully saturated rings. The Morgan fingerprint density at radius 2 is 2.05 bits per heavy atom. The average Bonchev–Trinajstić information content (AvgIpc) is 2.93. The van der Waals surface area contributed by atoms with E-state index in [4.69, 9.17) is 4.74 Å². The normalized spacial score (nSPS) is 13.1. The Morgan fingerprint density at radius 1 is 1.15 bits per heavy atom. The Kier molecular flexibility index (Phi) is 3.86. The molecule has 0 atom stereocenters. The van der Waals surface area contributed by atoms with E-state index in [9.17, 15) is 0 Å². The molecule has 1 aliphatic rings. The van der Waals surface area contributed by atoms with Gasteiger partial charge in [-0.05, 0) is 61.6 Å². The third-order valence-corrected chi connectivity index (χ3v) is 3.65. The van der Waals surface area contributed by atoms with Crippen molar-refractivity contribution in [3.8, 4) is 5.75 Å². The molecule has 1 aromatic carbocycles. The summed E-state index contributed by atoms with van der Waals surface area (Å²) in [7, 11) is 0. The predicted octanol–water partition coefficient (Wildman–Crippen LogP) is 3.58. The molecule has 0 aliphatic heterocycles. The zero-order valence-electron chi connectivity index (χ0n) is 11.9. The van der Waals surface area contributed by atoms with E-state index in [2.05, 4.69) is 35.4 Å². The number of nitrogens with one attached hydrogen (secondary N) is 1. The Balaban J connectivity index is 1.65. The van der Waals surface area contributed by atoms with Crippen molar-refractivity contribution >= 4 is 5.69 Å². The van der Waals surface area contributed by atoms with E-state index < -0.39 is 0 Å². The van der Waals surface area contributed by atoms with Crippen LogP contribution in [0.2, 0.25) is 0 Å². The molecule has 0 saturated heterocycles. The van der Waals surface area contributed by atoms with E-state index in [0.717, 1.165) is 23.7 Å². The van der Waals surface area contributed by atoms with Gasteiger partial charge in [-0.2, -0.15) is 0 Å². The topological polar surface area (TPSA) is 34.2 Å². The minimum atomic E-state index is 0.512. The van der Waals surface area contributed by atoms with Crippen LogP contribution in [0.3, 0.4) is 0 Å². The highest BCUT2D eigenvalue weighted by Gasteiger charge is 2.11. The highest BCUT2D eigenvalue weighted by molar-refractivity contribution is 5.43. The quantitative estimate of drug-likeness (QED) is 0.900. The lowest BCUT2D eigenvalue weighted by molar-refractivity contribution is 0.301. The number of benzene rings is 1. The number of ether oxygens (including phenoxy) is 1. The predicted molar refractivity (Wildman–Crippen MR) is 81.2 cm³/mol. The van der Waals surface area contributed by atoms with Crippen LogP contribution < -0.4 is 10.1 Å². The highest BCUT2D eigenvalue weighted by Crippen LogP contribution is 2.26. The van der Waals surface area contributed by atoms with Crippen LogP contribution in [0.4, 0.5) is 5.69 Å². The third-order valence-electron chi connectivity index (χ3n) is 3.65. The maximum absolute atomic E-state index is 5.86. The van der Waals surface area contributed by atoms with Crippen LogP contribution >= 0.6 is 0 Å². The molecule has 1 aromatic heterocycles. The van der Waals surface area contributed by atoms with Gasteiger partial charge < -0.3 is 10.1 Å². The number of hydrogen-bond donors (Lipinski definition) is 1. The van der Waals surface area contributed by atoms with Crippen LogP contribution in [0.15, 0.2) is 36.5 Å². The number of fused-ring (bicyclic) bond motifs is 1. The molecule has 3 heteroatoms. The van der Waals surface area contributed by atoms with E-state index in [1.807, 2.05) is 18.3 Å². The van der Waals surface area contributed by atoms with Crippen molar-refractivity contribution in [3.63, 3.8) is 0 Å². The average molecular weight is 268 g/mol. The fourth-order valence-electron chi connectivity index (χ4n) is 2.67. The lowest BCUT2D eigenvalue weighted by Gasteiger charge is -2.09. The van der Waals surface area contributed by atoms with Gasteiger partial charge in [0.1, 0.15) is 12.4 Å². The van der Waals surface area contributed by atoms with Gasteiger partial charge in [0.15, 0.2) is 0 Å². The summed E-state index contributed by atoms with van der Waals surface area (Å²) in [5, 5.41) is 3.28. The van der Waals surface area contributed by atoms with E-state index >= 15 is 0 Å². The number of anilines is 1. The minimum absolute atomic E-state index is 0.512. The van der Waals surface area contributed by atoms with Crippen molar-refractivity contribution in [1.82, 2.24) is 4.98 Å². The minimum Gasteiger partial charge on any atom is -0.487 e. The molecule has 3 rings (SSSR count). The Hall–Kier alpha value is -2.03. The number of nitrogens with zero attached hydrogens (tertiary/aromatic N) is 1. The van der Waals surface area contributed by atoms with Crippen molar-refractivity contribution in [2.45, 2.75) is 32.8 Å². The summed E-state index contributed by atoms with van der Waals surface area (Å²) in [6, 6.07) is 10.5. The first-order valence-corrected chi connectivity index (χ1v) is 7.28. The lowest BCUT2D eigenvalue weighted by atomic mass is 10.1. The van der Waals surface area contributed by atoms with Crippen LogP contribution in [-0.4, -0.2) is 11.5 Å². The van der Waals surface area contributed by atoms with Gasteiger partial charge in [0, 0.05) is 18.4 Å². The molecule has 2 aromatic rings. The van der Waals surface area contributed by atoms with Gasteiger partial charge in [-0.1, -0.05) is 6.07 Å². The zero-order chi connectivity index (χ0) is 13.8. The Morgan fingerprint density at radius 3 is 2.95 bits per heavy atom. The first-order valence-electron chi connectivity index (χ1n) is 7.28. The van der Waals surface area contributed by atoms with Crippen molar-refractivity contribution in [3.05, 3.63) is 53.3 Å². The van der Waals surface area contributed by atoms with Gasteiger partial charge in [-0.3, -0.25) is 4.98 Å². The number of aryl methyl sites for hydroxylation is 2. The molecular weight excluding hydrogens is 248 g/mol. The van der Waals surface area contributed by atoms with E-state index in [0.29, 0.717) is 6.61 Å². The maximum Gasteiger partial charge on any atom is 0.130 e. The van der Waals surface area contributed by atoms with Crippen LogP contribution in [-0.2, 0) is 19.4 Å². The van der Waals surface area contributed by atoms with Crippen molar-refractivity contribution in [2.75, 3.05) is 11.9 Å². The Labute approximate surface area is 120 Å². The monoisotopic (exact) mass is 268 g/mol. The second kappa shape index (κ2) is 5.95. The van der Waals surface area contributed by atoms with Crippen molar-refractivity contribution in [1.29, 1.82) is 0 Å². The fourth-order valence-corrected chi connectivity index (χ4v) is 2.67. The molecule has 1 aliphatic carbocycles. The molecule has 0 saturated carbocycles. The fraction of sp³-hybridized carbons (Fsp3) is 0.353. The van der Waals surface area contributed by atoms with Crippen molar-refractivity contribution in [2.24, 2.45) is 0 Å². The van der Waals surface area contributed by atoms with Crippen LogP contribution in [0.25, 0.3) is 0 Å². The standard InChI is InChI=1S/C17H20N2O/c1-2-18-15-8-9-19-16(11-15)12-20-17-7-6-13-4-3-5-14(13)10-17/h6-11H,2-5,12H2,1H3,(H,18,19). The second-order valence-electron chi connectivity index (χ2n) is 5.14. The summed E-state index contributed by atoms with van der Waals surface area (Å²) in [6.07, 6.45) is 5.48. The van der Waals surface area contributed by atoms with Gasteiger partial charge in [-0.25, -0.2) is 0 Å². The molecule has 0 unspecified atom stereocenters. The number of hydrogen-bond acceptors (Lipinski definition) is 3. The highest BCUT2D eigenvalue weighted by atomic mass is 16.5. The number of pyridine rings is 1. The van der Waals surface area contributed by atoms with Crippen molar-refractivity contribution < 1.29 is 4.74 Å². The first kappa shape index (κ1) is 13.0. The van der Waals surface area contributed by atoms with E-state index in [1.165, 1.54) is 30.4 Å². The third kappa shape index (κ3) is 2.93. The molecule has 1 N–H and O–H groups in total. The molecule has 0 radical (unpaired) electrons. The van der Waals surface area contributed by atoms with Crippen LogP contribution in [0, 0.1) is 0 Å². The summed E-state index contributed by atoms with van der Waals surface area (Å²) in [5.74, 6) is 0.946. The van der Waals surface area contributed by atoms with Gasteiger partial charge >= 0.3 is 0 Å². The smallest absolute Gasteiger partial charge is 0.130 e. The second-order valence-corrected chi connectivity index (χ2v) is 5.14. The largest absolute Gasteiger partial charge is 0.487 e. The zero-order valence-corrected chi connectivity index (χ0v) is 11.9.